The molecule has 2 rings (SSSR count). The van der Waals surface area contributed by atoms with Crippen LogP contribution in [0.5, 0.6) is 0 Å². The number of rotatable bonds is 3. The van der Waals surface area contributed by atoms with E-state index in [-0.39, 0.29) is 11.9 Å². The van der Waals surface area contributed by atoms with Crippen molar-refractivity contribution in [3.05, 3.63) is 34.2 Å². The van der Waals surface area contributed by atoms with Gasteiger partial charge in [0.25, 0.3) is 0 Å². The summed E-state index contributed by atoms with van der Waals surface area (Å²) in [4.78, 5) is 0. The quantitative estimate of drug-likeness (QED) is 0.916. The second-order valence-electron chi connectivity index (χ2n) is 4.46. The predicted octanol–water partition coefficient (Wildman–Crippen LogP) is 4.25. The summed E-state index contributed by atoms with van der Waals surface area (Å²) in [5, 5.41) is 4.12. The molecule has 1 aromatic heterocycles. The fraction of sp³-hybridized carbons (Fsp3) is 0.385. The molecule has 0 saturated carbocycles. The molecule has 1 aromatic carbocycles. The second kappa shape index (κ2) is 4.78. The normalized spacial score (nSPS) is 13.5. The van der Waals surface area contributed by atoms with E-state index in [2.05, 4.69) is 35.1 Å². The predicted molar refractivity (Wildman–Crippen MR) is 70.5 cm³/mol. The maximum absolute atomic E-state index is 13.4. The minimum absolute atomic E-state index is 0.143. The molecule has 1 N–H and O–H groups in total. The number of fused-ring (bicyclic) bond motifs is 1. The maximum atomic E-state index is 13.4. The van der Waals surface area contributed by atoms with Gasteiger partial charge in [0.1, 0.15) is 17.2 Å². The van der Waals surface area contributed by atoms with E-state index in [0.717, 1.165) is 11.1 Å². The highest BCUT2D eigenvalue weighted by Gasteiger charge is 2.18. The first-order valence-electron chi connectivity index (χ1n) is 5.58. The maximum Gasteiger partial charge on any atom is 0.141 e. The molecular formula is C13H15BrFNO. The largest absolute Gasteiger partial charge is 0.459 e. The van der Waals surface area contributed by atoms with E-state index in [0.29, 0.717) is 16.0 Å². The monoisotopic (exact) mass is 299 g/mol. The molecule has 1 unspecified atom stereocenters. The Hall–Kier alpha value is -0.870. The Kier molecular flexibility index (Phi) is 3.54. The van der Waals surface area contributed by atoms with Crippen LogP contribution in [0, 0.1) is 11.7 Å². The van der Waals surface area contributed by atoms with Gasteiger partial charge in [0.05, 0.1) is 10.5 Å². The van der Waals surface area contributed by atoms with Crippen LogP contribution in [-0.4, -0.2) is 7.05 Å². The molecule has 0 radical (unpaired) electrons. The lowest BCUT2D eigenvalue weighted by Gasteiger charge is -2.16. The number of hydrogen-bond donors (Lipinski definition) is 1. The van der Waals surface area contributed by atoms with E-state index in [9.17, 15) is 4.39 Å². The van der Waals surface area contributed by atoms with E-state index in [1.54, 1.807) is 6.07 Å². The zero-order chi connectivity index (χ0) is 12.6. The highest BCUT2D eigenvalue weighted by Crippen LogP contribution is 2.30. The first-order valence-corrected chi connectivity index (χ1v) is 6.38. The van der Waals surface area contributed by atoms with Crippen LogP contribution in [0.25, 0.3) is 11.0 Å². The van der Waals surface area contributed by atoms with Gasteiger partial charge in [-0.3, -0.25) is 0 Å². The molecule has 17 heavy (non-hydrogen) atoms. The van der Waals surface area contributed by atoms with E-state index in [4.69, 9.17) is 4.42 Å². The van der Waals surface area contributed by atoms with Gasteiger partial charge in [-0.15, -0.1) is 0 Å². The summed E-state index contributed by atoms with van der Waals surface area (Å²) in [7, 11) is 1.90. The number of nitrogens with one attached hydrogen (secondary N) is 1. The molecule has 0 aliphatic carbocycles. The molecule has 92 valence electrons. The Labute approximate surface area is 108 Å². The molecule has 0 aliphatic heterocycles. The fourth-order valence-corrected chi connectivity index (χ4v) is 2.37. The second-order valence-corrected chi connectivity index (χ2v) is 5.32. The standard InChI is InChI=1S/C13H15BrFNO/c1-7(2)13(16-3)12-5-8-4-9(14)10(15)6-11(8)17-12/h4-7,13,16H,1-3H3. The molecule has 4 heteroatoms. The molecule has 0 spiro atoms. The van der Waals surface area contributed by atoms with Crippen molar-refractivity contribution in [2.75, 3.05) is 7.05 Å². The third-order valence-electron chi connectivity index (χ3n) is 2.86. The summed E-state index contributed by atoms with van der Waals surface area (Å²) in [5.74, 6) is 0.952. The van der Waals surface area contributed by atoms with Gasteiger partial charge >= 0.3 is 0 Å². The van der Waals surface area contributed by atoms with Crippen LogP contribution in [0.4, 0.5) is 4.39 Å². The lowest BCUT2D eigenvalue weighted by molar-refractivity contribution is 0.370. The van der Waals surface area contributed by atoms with Crippen molar-refractivity contribution in [2.24, 2.45) is 5.92 Å². The van der Waals surface area contributed by atoms with Gasteiger partial charge in [0.15, 0.2) is 0 Å². The van der Waals surface area contributed by atoms with Crippen molar-refractivity contribution >= 4 is 26.9 Å². The summed E-state index contributed by atoms with van der Waals surface area (Å²) >= 11 is 3.18. The van der Waals surface area contributed by atoms with Crippen LogP contribution in [0.3, 0.4) is 0 Å². The first-order chi connectivity index (χ1) is 8.02. The van der Waals surface area contributed by atoms with Crippen LogP contribution >= 0.6 is 15.9 Å². The number of halogens is 2. The smallest absolute Gasteiger partial charge is 0.141 e. The number of furan rings is 1. The minimum Gasteiger partial charge on any atom is -0.459 e. The van der Waals surface area contributed by atoms with E-state index >= 15 is 0 Å². The van der Waals surface area contributed by atoms with Crippen molar-refractivity contribution < 1.29 is 8.81 Å². The summed E-state index contributed by atoms with van der Waals surface area (Å²) < 4.78 is 19.5. The Morgan fingerprint density at radius 1 is 1.29 bits per heavy atom. The van der Waals surface area contributed by atoms with E-state index in [1.807, 2.05) is 13.1 Å². The Morgan fingerprint density at radius 3 is 2.59 bits per heavy atom. The number of hydrogen-bond acceptors (Lipinski definition) is 2. The topological polar surface area (TPSA) is 25.2 Å². The molecule has 1 atom stereocenters. The van der Waals surface area contributed by atoms with Crippen molar-refractivity contribution in [3.63, 3.8) is 0 Å². The third-order valence-corrected chi connectivity index (χ3v) is 3.47. The van der Waals surface area contributed by atoms with E-state index in [1.165, 1.54) is 6.07 Å². The van der Waals surface area contributed by atoms with Gasteiger partial charge in [-0.25, -0.2) is 4.39 Å². The zero-order valence-electron chi connectivity index (χ0n) is 10.1. The zero-order valence-corrected chi connectivity index (χ0v) is 11.6. The molecule has 0 amide bonds. The lowest BCUT2D eigenvalue weighted by Crippen LogP contribution is -2.20. The van der Waals surface area contributed by atoms with Crippen molar-refractivity contribution in [1.82, 2.24) is 5.32 Å². The van der Waals surface area contributed by atoms with Gasteiger partial charge in [0.2, 0.25) is 0 Å². The SMILES string of the molecule is CNC(c1cc2cc(Br)c(F)cc2o1)C(C)C. The lowest BCUT2D eigenvalue weighted by atomic mass is 10.0. The fourth-order valence-electron chi connectivity index (χ4n) is 2.01. The molecule has 0 bridgehead atoms. The van der Waals surface area contributed by atoms with Gasteiger partial charge in [-0.2, -0.15) is 0 Å². The minimum atomic E-state index is -0.302. The molecular weight excluding hydrogens is 285 g/mol. The Balaban J connectivity index is 2.50. The van der Waals surface area contributed by atoms with E-state index < -0.39 is 0 Å². The van der Waals surface area contributed by atoms with Gasteiger partial charge in [-0.05, 0) is 41.0 Å². The van der Waals surface area contributed by atoms with Crippen LogP contribution in [-0.2, 0) is 0 Å². The molecule has 0 saturated heterocycles. The first kappa shape index (κ1) is 12.6. The molecule has 0 fully saturated rings. The van der Waals surface area contributed by atoms with Crippen molar-refractivity contribution in [2.45, 2.75) is 19.9 Å². The Bertz CT molecular complexity index is 496. The molecule has 2 nitrogen and oxygen atoms in total. The number of benzene rings is 1. The highest BCUT2D eigenvalue weighted by atomic mass is 79.9. The summed E-state index contributed by atoms with van der Waals surface area (Å²) in [6.45, 7) is 4.23. The highest BCUT2D eigenvalue weighted by molar-refractivity contribution is 9.10. The van der Waals surface area contributed by atoms with Gasteiger partial charge in [-0.1, -0.05) is 13.8 Å². The summed E-state index contributed by atoms with van der Waals surface area (Å²) in [6.07, 6.45) is 0. The molecule has 0 aliphatic rings. The van der Waals surface area contributed by atoms with Crippen LogP contribution in [0.15, 0.2) is 27.1 Å². The molecule has 2 aromatic rings. The summed E-state index contributed by atoms with van der Waals surface area (Å²) in [5.41, 5.74) is 0.585. The van der Waals surface area contributed by atoms with Gasteiger partial charge < -0.3 is 9.73 Å². The Morgan fingerprint density at radius 2 is 2.00 bits per heavy atom. The van der Waals surface area contributed by atoms with Crippen LogP contribution in [0.2, 0.25) is 0 Å². The average molecular weight is 300 g/mol. The average Bonchev–Trinajstić information content (AvgIpc) is 2.61. The van der Waals surface area contributed by atoms with Crippen LogP contribution < -0.4 is 5.32 Å². The third kappa shape index (κ3) is 2.38. The van der Waals surface area contributed by atoms with Crippen molar-refractivity contribution in [3.8, 4) is 0 Å². The van der Waals surface area contributed by atoms with Gasteiger partial charge in [0, 0.05) is 11.5 Å². The summed E-state index contributed by atoms with van der Waals surface area (Å²) in [6, 6.07) is 5.26. The van der Waals surface area contributed by atoms with Crippen LogP contribution in [0.1, 0.15) is 25.6 Å². The molecule has 1 heterocycles. The van der Waals surface area contributed by atoms with Crippen molar-refractivity contribution in [1.29, 1.82) is 0 Å².